The van der Waals surface area contributed by atoms with Crippen molar-refractivity contribution in [1.29, 1.82) is 0 Å². The lowest BCUT2D eigenvalue weighted by Crippen LogP contribution is -2.05. The number of hydrogen-bond donors (Lipinski definition) is 1. The Kier molecular flexibility index (Phi) is 3.88. The van der Waals surface area contributed by atoms with Crippen LogP contribution in [-0.2, 0) is 10.9 Å². The first-order valence-electron chi connectivity index (χ1n) is 5.75. The first-order valence-corrected chi connectivity index (χ1v) is 5.75. The lowest BCUT2D eigenvalue weighted by atomic mass is 10.1. The number of alkyl halides is 3. The molecule has 1 aromatic heterocycles. The third kappa shape index (κ3) is 2.99. The van der Waals surface area contributed by atoms with Gasteiger partial charge in [-0.05, 0) is 18.2 Å². The molecule has 1 heterocycles. The van der Waals surface area contributed by atoms with E-state index in [0.29, 0.717) is 11.8 Å². The quantitative estimate of drug-likeness (QED) is 0.885. The largest absolute Gasteiger partial charge is 0.496 e. The highest BCUT2D eigenvalue weighted by Gasteiger charge is 2.33. The van der Waals surface area contributed by atoms with Crippen molar-refractivity contribution in [3.05, 3.63) is 35.7 Å². The Morgan fingerprint density at radius 3 is 2.52 bits per heavy atom. The fraction of sp³-hybridized carbons (Fsp3) is 0.231. The number of rotatable bonds is 3. The normalized spacial score (nSPS) is 11.3. The lowest BCUT2D eigenvalue weighted by molar-refractivity contribution is -0.140. The summed E-state index contributed by atoms with van der Waals surface area (Å²) in [4.78, 5) is 17.3. The van der Waals surface area contributed by atoms with Crippen LogP contribution in [-0.4, -0.2) is 30.2 Å². The molecule has 8 heteroatoms. The van der Waals surface area contributed by atoms with E-state index in [0.717, 1.165) is 0 Å². The number of esters is 1. The summed E-state index contributed by atoms with van der Waals surface area (Å²) in [6.45, 7) is 0. The number of aromatic nitrogens is 2. The van der Waals surface area contributed by atoms with E-state index in [1.807, 2.05) is 0 Å². The smallest absolute Gasteiger partial charge is 0.432 e. The van der Waals surface area contributed by atoms with Gasteiger partial charge in [0.1, 0.15) is 17.3 Å². The molecule has 0 spiro atoms. The van der Waals surface area contributed by atoms with Gasteiger partial charge in [-0.1, -0.05) is 0 Å². The maximum absolute atomic E-state index is 12.6. The van der Waals surface area contributed by atoms with Gasteiger partial charge in [0.15, 0.2) is 0 Å². The van der Waals surface area contributed by atoms with Crippen LogP contribution in [0.4, 0.5) is 13.2 Å². The molecule has 0 amide bonds. The molecule has 1 N–H and O–H groups in total. The van der Waals surface area contributed by atoms with Gasteiger partial charge in [0.2, 0.25) is 0 Å². The first kappa shape index (κ1) is 14.9. The van der Waals surface area contributed by atoms with Crippen LogP contribution in [0.1, 0.15) is 16.1 Å². The second-order valence-electron chi connectivity index (χ2n) is 4.05. The standard InChI is InChI=1S/C13H11F3N2O3/c1-20-9-5-7(12(19)21-2)3-4-8(9)11-17-6-10(18-11)13(14,15)16/h3-6H,1-2H3,(H,17,18). The maximum atomic E-state index is 12.6. The van der Waals surface area contributed by atoms with Crippen LogP contribution in [0.25, 0.3) is 11.4 Å². The van der Waals surface area contributed by atoms with Crippen molar-refractivity contribution in [2.24, 2.45) is 0 Å². The van der Waals surface area contributed by atoms with Crippen molar-refractivity contribution in [3.63, 3.8) is 0 Å². The average molecular weight is 300 g/mol. The Morgan fingerprint density at radius 1 is 1.29 bits per heavy atom. The Balaban J connectivity index is 2.44. The number of aromatic amines is 1. The van der Waals surface area contributed by atoms with Gasteiger partial charge in [-0.15, -0.1) is 0 Å². The summed E-state index contributed by atoms with van der Waals surface area (Å²) >= 11 is 0. The van der Waals surface area contributed by atoms with Gasteiger partial charge in [-0.25, -0.2) is 9.78 Å². The average Bonchev–Trinajstić information content (AvgIpc) is 2.95. The lowest BCUT2D eigenvalue weighted by Gasteiger charge is -2.08. The van der Waals surface area contributed by atoms with Crippen molar-refractivity contribution in [1.82, 2.24) is 9.97 Å². The number of halogens is 3. The number of ether oxygens (including phenoxy) is 2. The summed E-state index contributed by atoms with van der Waals surface area (Å²) in [5.74, 6) is -0.369. The highest BCUT2D eigenvalue weighted by atomic mass is 19.4. The third-order valence-electron chi connectivity index (χ3n) is 2.76. The summed E-state index contributed by atoms with van der Waals surface area (Å²) < 4.78 is 47.3. The molecule has 0 bridgehead atoms. The molecule has 1 aromatic carbocycles. The predicted octanol–water partition coefficient (Wildman–Crippen LogP) is 2.89. The first-order chi connectivity index (χ1) is 9.86. The number of carbonyl (C=O) groups is 1. The van der Waals surface area contributed by atoms with E-state index in [9.17, 15) is 18.0 Å². The van der Waals surface area contributed by atoms with E-state index < -0.39 is 17.8 Å². The van der Waals surface area contributed by atoms with E-state index >= 15 is 0 Å². The van der Waals surface area contributed by atoms with Gasteiger partial charge >= 0.3 is 12.1 Å². The van der Waals surface area contributed by atoms with E-state index in [1.54, 1.807) is 0 Å². The van der Waals surface area contributed by atoms with Gasteiger partial charge in [-0.3, -0.25) is 0 Å². The Labute approximate surface area is 117 Å². The number of imidazole rings is 1. The van der Waals surface area contributed by atoms with Crippen molar-refractivity contribution >= 4 is 5.97 Å². The zero-order valence-electron chi connectivity index (χ0n) is 11.1. The summed E-state index contributed by atoms with van der Waals surface area (Å²) in [7, 11) is 2.57. The van der Waals surface area contributed by atoms with Gasteiger partial charge in [0.05, 0.1) is 31.5 Å². The zero-order valence-corrected chi connectivity index (χ0v) is 11.1. The summed E-state index contributed by atoms with van der Waals surface area (Å²) in [5.41, 5.74) is -0.432. The minimum Gasteiger partial charge on any atom is -0.496 e. The molecule has 2 aromatic rings. The van der Waals surface area contributed by atoms with E-state index in [2.05, 4.69) is 14.7 Å². The molecule has 0 aliphatic rings. The minimum absolute atomic E-state index is 0.00408. The van der Waals surface area contributed by atoms with Crippen LogP contribution in [0.3, 0.4) is 0 Å². The van der Waals surface area contributed by atoms with Crippen LogP contribution in [0.2, 0.25) is 0 Å². The second kappa shape index (κ2) is 5.47. The maximum Gasteiger partial charge on any atom is 0.432 e. The van der Waals surface area contributed by atoms with Crippen LogP contribution < -0.4 is 4.74 Å². The summed E-state index contributed by atoms with van der Waals surface area (Å²) in [6, 6.07) is 4.22. The van der Waals surface area contributed by atoms with Gasteiger partial charge < -0.3 is 14.5 Å². The Bertz CT molecular complexity index is 665. The van der Waals surface area contributed by atoms with Crippen LogP contribution >= 0.6 is 0 Å². The molecule has 112 valence electrons. The number of methoxy groups -OCH3 is 2. The number of nitrogens with zero attached hydrogens (tertiary/aromatic N) is 1. The molecule has 0 saturated heterocycles. The fourth-order valence-corrected chi connectivity index (χ4v) is 1.73. The number of hydrogen-bond acceptors (Lipinski definition) is 4. The van der Waals surface area contributed by atoms with Crippen LogP contribution in [0.5, 0.6) is 5.75 Å². The summed E-state index contributed by atoms with van der Waals surface area (Å²) in [5, 5.41) is 0. The fourth-order valence-electron chi connectivity index (χ4n) is 1.73. The number of H-pyrrole nitrogens is 1. The van der Waals surface area contributed by atoms with Crippen molar-refractivity contribution < 1.29 is 27.4 Å². The van der Waals surface area contributed by atoms with Crippen LogP contribution in [0, 0.1) is 0 Å². The molecule has 0 saturated carbocycles. The van der Waals surface area contributed by atoms with E-state index in [4.69, 9.17) is 4.74 Å². The summed E-state index contributed by atoms with van der Waals surface area (Å²) in [6.07, 6.45) is -3.81. The highest BCUT2D eigenvalue weighted by molar-refractivity contribution is 5.91. The molecule has 0 atom stereocenters. The van der Waals surface area contributed by atoms with E-state index in [1.165, 1.54) is 32.4 Å². The molecule has 0 unspecified atom stereocenters. The molecule has 0 fully saturated rings. The molecule has 0 radical (unpaired) electrons. The predicted molar refractivity (Wildman–Crippen MR) is 66.9 cm³/mol. The van der Waals surface area contributed by atoms with Crippen LogP contribution in [0.15, 0.2) is 24.4 Å². The molecule has 0 aliphatic carbocycles. The monoisotopic (exact) mass is 300 g/mol. The molecule has 0 aliphatic heterocycles. The van der Waals surface area contributed by atoms with Crippen molar-refractivity contribution in [2.75, 3.05) is 14.2 Å². The Morgan fingerprint density at radius 2 is 2.00 bits per heavy atom. The van der Waals surface area contributed by atoms with E-state index in [-0.39, 0.29) is 17.1 Å². The second-order valence-corrected chi connectivity index (χ2v) is 4.05. The molecule has 21 heavy (non-hydrogen) atoms. The Hall–Kier alpha value is -2.51. The topological polar surface area (TPSA) is 64.2 Å². The number of nitrogens with one attached hydrogen (secondary N) is 1. The molecular weight excluding hydrogens is 289 g/mol. The van der Waals surface area contributed by atoms with Gasteiger partial charge in [0, 0.05) is 0 Å². The van der Waals surface area contributed by atoms with Gasteiger partial charge in [0.25, 0.3) is 0 Å². The number of carbonyl (C=O) groups excluding carboxylic acids is 1. The molecule has 5 nitrogen and oxygen atoms in total. The molecular formula is C13H11F3N2O3. The van der Waals surface area contributed by atoms with Gasteiger partial charge in [-0.2, -0.15) is 13.2 Å². The van der Waals surface area contributed by atoms with Crippen molar-refractivity contribution in [3.8, 4) is 17.1 Å². The zero-order chi connectivity index (χ0) is 15.6. The number of benzene rings is 1. The minimum atomic E-state index is -4.51. The highest BCUT2D eigenvalue weighted by Crippen LogP contribution is 2.33. The third-order valence-corrected chi connectivity index (χ3v) is 2.76. The molecule has 2 rings (SSSR count). The van der Waals surface area contributed by atoms with Crippen molar-refractivity contribution in [2.45, 2.75) is 6.18 Å². The SMILES string of the molecule is COC(=O)c1ccc(-c2ncc(C(F)(F)F)[nH]2)c(OC)c1.